The minimum Gasteiger partial charge on any atom is -0.368 e. The number of aryl methyl sites for hydroxylation is 1. The molecular formula is C11H11FN4S. The summed E-state index contributed by atoms with van der Waals surface area (Å²) in [4.78, 5) is 12.0. The van der Waals surface area contributed by atoms with Crippen LogP contribution in [-0.4, -0.2) is 21.2 Å². The number of nitrogens with two attached hydrogens (primary N) is 1. The molecular weight excluding hydrogens is 239 g/mol. The van der Waals surface area contributed by atoms with Crippen molar-refractivity contribution < 1.29 is 4.39 Å². The number of aromatic nitrogens is 3. The molecule has 0 saturated carbocycles. The number of thioether (sulfide) groups is 1. The van der Waals surface area contributed by atoms with E-state index in [1.807, 2.05) is 13.2 Å². The third kappa shape index (κ3) is 2.52. The van der Waals surface area contributed by atoms with E-state index in [9.17, 15) is 4.39 Å². The third-order valence-corrected chi connectivity index (χ3v) is 2.73. The Bertz CT molecular complexity index is 559. The summed E-state index contributed by atoms with van der Waals surface area (Å²) in [6.45, 7) is 1.88. The Morgan fingerprint density at radius 1 is 1.24 bits per heavy atom. The van der Waals surface area contributed by atoms with E-state index in [0.29, 0.717) is 10.7 Å². The van der Waals surface area contributed by atoms with Gasteiger partial charge in [-0.3, -0.25) is 0 Å². The zero-order valence-corrected chi connectivity index (χ0v) is 10.3. The number of nitrogens with zero attached hydrogens (tertiary/aromatic N) is 3. The lowest BCUT2D eigenvalue weighted by Gasteiger charge is -2.05. The van der Waals surface area contributed by atoms with Crippen LogP contribution in [-0.2, 0) is 0 Å². The van der Waals surface area contributed by atoms with Gasteiger partial charge in [-0.05, 0) is 25.3 Å². The molecule has 0 unspecified atom stereocenters. The quantitative estimate of drug-likeness (QED) is 0.828. The summed E-state index contributed by atoms with van der Waals surface area (Å²) in [7, 11) is 0. The molecule has 0 spiro atoms. The molecule has 0 amide bonds. The van der Waals surface area contributed by atoms with Gasteiger partial charge in [0, 0.05) is 0 Å². The first-order chi connectivity index (χ1) is 8.10. The van der Waals surface area contributed by atoms with Gasteiger partial charge in [-0.15, -0.1) is 0 Å². The van der Waals surface area contributed by atoms with E-state index in [-0.39, 0.29) is 17.6 Å². The summed E-state index contributed by atoms with van der Waals surface area (Å²) in [6, 6.07) is 4.77. The normalized spacial score (nSPS) is 10.5. The van der Waals surface area contributed by atoms with Gasteiger partial charge in [0.05, 0.1) is 5.56 Å². The van der Waals surface area contributed by atoms with Crippen LogP contribution >= 0.6 is 11.8 Å². The lowest BCUT2D eigenvalue weighted by Crippen LogP contribution is -2.02. The maximum Gasteiger partial charge on any atom is 0.224 e. The molecule has 2 N–H and O–H groups in total. The molecule has 4 nitrogen and oxygen atoms in total. The molecule has 88 valence electrons. The highest BCUT2D eigenvalue weighted by Gasteiger charge is 2.11. The Labute approximate surface area is 103 Å². The molecule has 0 fully saturated rings. The molecule has 1 heterocycles. The smallest absolute Gasteiger partial charge is 0.224 e. The average molecular weight is 250 g/mol. The predicted molar refractivity (Wildman–Crippen MR) is 66.2 cm³/mol. The topological polar surface area (TPSA) is 64.7 Å². The van der Waals surface area contributed by atoms with Crippen LogP contribution in [0.15, 0.2) is 23.4 Å². The SMILES string of the molecule is CSc1nc(N)nc(-c2cc(C)ccc2F)n1. The van der Waals surface area contributed by atoms with Crippen molar-refractivity contribution in [3.63, 3.8) is 0 Å². The van der Waals surface area contributed by atoms with Gasteiger partial charge in [0.25, 0.3) is 0 Å². The van der Waals surface area contributed by atoms with Crippen LogP contribution in [0.5, 0.6) is 0 Å². The first-order valence-corrected chi connectivity index (χ1v) is 6.14. The summed E-state index contributed by atoms with van der Waals surface area (Å²) in [6.07, 6.45) is 1.82. The first kappa shape index (κ1) is 11.8. The fourth-order valence-electron chi connectivity index (χ4n) is 1.39. The van der Waals surface area contributed by atoms with Crippen molar-refractivity contribution in [1.82, 2.24) is 15.0 Å². The standard InChI is InChI=1S/C11H11FN4S/c1-6-3-4-8(12)7(5-6)9-14-10(13)16-11(15-9)17-2/h3-5H,1-2H3,(H2,13,14,15,16). The van der Waals surface area contributed by atoms with Crippen LogP contribution < -0.4 is 5.73 Å². The minimum absolute atomic E-state index is 0.0975. The summed E-state index contributed by atoms with van der Waals surface area (Å²) in [5, 5.41) is 0.480. The Kier molecular flexibility index (Phi) is 3.23. The van der Waals surface area contributed by atoms with E-state index in [2.05, 4.69) is 15.0 Å². The zero-order valence-electron chi connectivity index (χ0n) is 9.44. The molecule has 17 heavy (non-hydrogen) atoms. The van der Waals surface area contributed by atoms with Gasteiger partial charge in [0.15, 0.2) is 11.0 Å². The van der Waals surface area contributed by atoms with Crippen LogP contribution in [0.3, 0.4) is 0 Å². The van der Waals surface area contributed by atoms with E-state index in [4.69, 9.17) is 5.73 Å². The van der Waals surface area contributed by atoms with Gasteiger partial charge in [-0.2, -0.15) is 9.97 Å². The summed E-state index contributed by atoms with van der Waals surface area (Å²) >= 11 is 1.34. The molecule has 1 aromatic heterocycles. The molecule has 0 aliphatic heterocycles. The number of anilines is 1. The van der Waals surface area contributed by atoms with E-state index >= 15 is 0 Å². The molecule has 1 aromatic carbocycles. The van der Waals surface area contributed by atoms with Gasteiger partial charge < -0.3 is 5.73 Å². The molecule has 2 rings (SSSR count). The molecule has 2 aromatic rings. The number of rotatable bonds is 2. The Hall–Kier alpha value is -1.69. The number of benzene rings is 1. The molecule has 6 heteroatoms. The molecule has 0 saturated heterocycles. The van der Waals surface area contributed by atoms with E-state index in [0.717, 1.165) is 5.56 Å². The van der Waals surface area contributed by atoms with Crippen LogP contribution in [0, 0.1) is 12.7 Å². The number of hydrogen-bond acceptors (Lipinski definition) is 5. The molecule has 0 radical (unpaired) electrons. The van der Waals surface area contributed by atoms with Gasteiger partial charge in [-0.25, -0.2) is 9.37 Å². The van der Waals surface area contributed by atoms with E-state index < -0.39 is 0 Å². The Balaban J connectivity index is 2.59. The highest BCUT2D eigenvalue weighted by Crippen LogP contribution is 2.22. The number of nitrogen functional groups attached to an aromatic ring is 1. The van der Waals surface area contributed by atoms with Crippen LogP contribution in [0.25, 0.3) is 11.4 Å². The molecule has 0 bridgehead atoms. The van der Waals surface area contributed by atoms with Gasteiger partial charge in [-0.1, -0.05) is 23.4 Å². The van der Waals surface area contributed by atoms with Crippen LogP contribution in [0.1, 0.15) is 5.56 Å². The summed E-state index contributed by atoms with van der Waals surface area (Å²) < 4.78 is 13.7. The lowest BCUT2D eigenvalue weighted by molar-refractivity contribution is 0.629. The van der Waals surface area contributed by atoms with E-state index in [1.165, 1.54) is 17.8 Å². The average Bonchev–Trinajstić information content (AvgIpc) is 2.31. The number of halogens is 1. The van der Waals surface area contributed by atoms with Crippen molar-refractivity contribution >= 4 is 17.7 Å². The fourth-order valence-corrected chi connectivity index (χ4v) is 1.76. The molecule has 0 atom stereocenters. The van der Waals surface area contributed by atoms with Gasteiger partial charge in [0.2, 0.25) is 5.95 Å². The van der Waals surface area contributed by atoms with Gasteiger partial charge in [0.1, 0.15) is 5.82 Å². The maximum absolute atomic E-state index is 13.7. The van der Waals surface area contributed by atoms with Crippen molar-refractivity contribution in [3.8, 4) is 11.4 Å². The molecule has 0 aliphatic carbocycles. The van der Waals surface area contributed by atoms with Crippen molar-refractivity contribution in [2.24, 2.45) is 0 Å². The largest absolute Gasteiger partial charge is 0.368 e. The van der Waals surface area contributed by atoms with Crippen molar-refractivity contribution in [1.29, 1.82) is 0 Å². The minimum atomic E-state index is -0.367. The zero-order chi connectivity index (χ0) is 12.4. The first-order valence-electron chi connectivity index (χ1n) is 4.92. The Morgan fingerprint density at radius 2 is 2.00 bits per heavy atom. The van der Waals surface area contributed by atoms with Crippen molar-refractivity contribution in [2.45, 2.75) is 12.1 Å². The predicted octanol–water partition coefficient (Wildman–Crippen LogP) is 2.29. The van der Waals surface area contributed by atoms with E-state index in [1.54, 1.807) is 12.1 Å². The van der Waals surface area contributed by atoms with Gasteiger partial charge >= 0.3 is 0 Å². The second-order valence-corrected chi connectivity index (χ2v) is 4.26. The highest BCUT2D eigenvalue weighted by atomic mass is 32.2. The van der Waals surface area contributed by atoms with Crippen LogP contribution in [0.4, 0.5) is 10.3 Å². The highest BCUT2D eigenvalue weighted by molar-refractivity contribution is 7.98. The van der Waals surface area contributed by atoms with Crippen LogP contribution in [0.2, 0.25) is 0 Å². The number of hydrogen-bond donors (Lipinski definition) is 1. The summed E-state index contributed by atoms with van der Waals surface area (Å²) in [5.74, 6) is -0.00319. The van der Waals surface area contributed by atoms with Crippen molar-refractivity contribution in [2.75, 3.05) is 12.0 Å². The second kappa shape index (κ2) is 4.67. The monoisotopic (exact) mass is 250 g/mol. The second-order valence-electron chi connectivity index (χ2n) is 3.49. The maximum atomic E-state index is 13.7. The third-order valence-electron chi connectivity index (χ3n) is 2.18. The fraction of sp³-hybridized carbons (Fsp3) is 0.182. The summed E-state index contributed by atoms with van der Waals surface area (Å²) in [5.41, 5.74) is 6.84. The van der Waals surface area contributed by atoms with Crippen molar-refractivity contribution in [3.05, 3.63) is 29.6 Å². The lowest BCUT2D eigenvalue weighted by atomic mass is 10.1. The Morgan fingerprint density at radius 3 is 2.71 bits per heavy atom. The molecule has 0 aliphatic rings.